The van der Waals surface area contributed by atoms with Crippen molar-refractivity contribution < 1.29 is 13.6 Å². The van der Waals surface area contributed by atoms with Crippen molar-refractivity contribution in [2.75, 3.05) is 5.32 Å². The van der Waals surface area contributed by atoms with E-state index in [0.717, 1.165) is 23.1 Å². The summed E-state index contributed by atoms with van der Waals surface area (Å²) < 4.78 is 26.4. The Kier molecular flexibility index (Phi) is 4.44. The van der Waals surface area contributed by atoms with Gasteiger partial charge in [-0.3, -0.25) is 4.79 Å². The molecule has 1 N–H and O–H groups in total. The van der Waals surface area contributed by atoms with E-state index < -0.39 is 17.5 Å². The zero-order valence-corrected chi connectivity index (χ0v) is 11.9. The van der Waals surface area contributed by atoms with E-state index in [1.807, 2.05) is 13.8 Å². The van der Waals surface area contributed by atoms with Crippen LogP contribution in [0.1, 0.15) is 30.2 Å². The summed E-state index contributed by atoms with van der Waals surface area (Å²) in [5.41, 5.74) is 0.0307. The lowest BCUT2D eigenvalue weighted by Gasteiger charge is -2.03. The van der Waals surface area contributed by atoms with E-state index in [-0.39, 0.29) is 12.0 Å². The fourth-order valence-electron chi connectivity index (χ4n) is 1.63. The van der Waals surface area contributed by atoms with E-state index in [1.165, 1.54) is 11.3 Å². The number of carbonyl (C=O) groups is 1. The van der Waals surface area contributed by atoms with E-state index in [1.54, 1.807) is 6.20 Å². The molecule has 1 aromatic heterocycles. The predicted octanol–water partition coefficient (Wildman–Crippen LogP) is 3.73. The first-order chi connectivity index (χ1) is 9.45. The van der Waals surface area contributed by atoms with Gasteiger partial charge in [0.15, 0.2) is 5.13 Å². The molecule has 2 aromatic rings. The Hall–Kier alpha value is -1.82. The molecule has 6 heteroatoms. The number of nitrogens with zero attached hydrogens (tertiary/aromatic N) is 1. The van der Waals surface area contributed by atoms with Crippen molar-refractivity contribution in [3.63, 3.8) is 0 Å². The smallest absolute Gasteiger partial charge is 0.230 e. The third kappa shape index (κ3) is 3.60. The van der Waals surface area contributed by atoms with Crippen LogP contribution in [0, 0.1) is 11.6 Å². The molecule has 1 amide bonds. The molecule has 0 aliphatic heterocycles. The van der Waals surface area contributed by atoms with Crippen LogP contribution in [0.15, 0.2) is 24.4 Å². The number of aromatic nitrogens is 1. The number of hydrogen-bond acceptors (Lipinski definition) is 3. The predicted molar refractivity (Wildman–Crippen MR) is 74.9 cm³/mol. The number of halogens is 2. The second-order valence-corrected chi connectivity index (χ2v) is 5.75. The Morgan fingerprint density at radius 3 is 2.80 bits per heavy atom. The molecule has 0 spiro atoms. The highest BCUT2D eigenvalue weighted by Crippen LogP contribution is 2.25. The van der Waals surface area contributed by atoms with Crippen LogP contribution in [0.25, 0.3) is 0 Å². The molecule has 0 saturated carbocycles. The fraction of sp³-hybridized carbons (Fsp3) is 0.286. The molecule has 0 fully saturated rings. The van der Waals surface area contributed by atoms with E-state index in [4.69, 9.17) is 0 Å². The van der Waals surface area contributed by atoms with Gasteiger partial charge in [0, 0.05) is 16.6 Å². The van der Waals surface area contributed by atoms with Gasteiger partial charge in [0.25, 0.3) is 0 Å². The third-order valence-corrected chi connectivity index (χ3v) is 3.91. The normalized spacial score (nSPS) is 10.8. The lowest BCUT2D eigenvalue weighted by Crippen LogP contribution is -2.15. The van der Waals surface area contributed by atoms with Crippen molar-refractivity contribution in [2.45, 2.75) is 26.2 Å². The zero-order chi connectivity index (χ0) is 14.7. The molecule has 0 unspecified atom stereocenters. The maximum absolute atomic E-state index is 13.4. The molecule has 0 atom stereocenters. The maximum atomic E-state index is 13.4. The molecule has 0 aliphatic rings. The van der Waals surface area contributed by atoms with E-state index >= 15 is 0 Å². The number of rotatable bonds is 4. The van der Waals surface area contributed by atoms with Crippen molar-refractivity contribution in [3.05, 3.63) is 46.5 Å². The van der Waals surface area contributed by atoms with Gasteiger partial charge >= 0.3 is 0 Å². The van der Waals surface area contributed by atoms with Gasteiger partial charge in [0.1, 0.15) is 11.6 Å². The highest BCUT2D eigenvalue weighted by atomic mass is 32.1. The molecule has 2 rings (SSSR count). The first-order valence-electron chi connectivity index (χ1n) is 6.15. The number of benzene rings is 1. The Bertz CT molecular complexity index is 625. The monoisotopic (exact) mass is 296 g/mol. The van der Waals surface area contributed by atoms with Crippen LogP contribution in [0.3, 0.4) is 0 Å². The molecule has 0 saturated heterocycles. The summed E-state index contributed by atoms with van der Waals surface area (Å²) in [5.74, 6) is -1.24. The summed E-state index contributed by atoms with van der Waals surface area (Å²) in [5, 5.41) is 3.06. The molecule has 1 aromatic carbocycles. The molecule has 1 heterocycles. The summed E-state index contributed by atoms with van der Waals surface area (Å²) >= 11 is 1.38. The highest BCUT2D eigenvalue weighted by molar-refractivity contribution is 7.15. The van der Waals surface area contributed by atoms with Gasteiger partial charge in [-0.1, -0.05) is 13.8 Å². The number of amides is 1. The van der Waals surface area contributed by atoms with Gasteiger partial charge in [-0.15, -0.1) is 11.3 Å². The molecule has 0 bridgehead atoms. The molecular formula is C14H14F2N2OS. The molecule has 3 nitrogen and oxygen atoms in total. The van der Waals surface area contributed by atoms with Crippen molar-refractivity contribution in [1.29, 1.82) is 0 Å². The van der Waals surface area contributed by atoms with Gasteiger partial charge in [-0.2, -0.15) is 0 Å². The summed E-state index contributed by atoms with van der Waals surface area (Å²) in [7, 11) is 0. The third-order valence-electron chi connectivity index (χ3n) is 2.70. The Morgan fingerprint density at radius 2 is 2.15 bits per heavy atom. The number of nitrogens with one attached hydrogen (secondary N) is 1. The molecule has 20 heavy (non-hydrogen) atoms. The first kappa shape index (κ1) is 14.6. The standard InChI is InChI=1S/C14H14F2N2OS/c1-8(2)12-7-17-14(20-12)18-13(19)6-9-5-10(15)3-4-11(9)16/h3-5,7-8H,6H2,1-2H3,(H,17,18,19). The number of thiazole rings is 1. The van der Waals surface area contributed by atoms with Crippen molar-refractivity contribution in [2.24, 2.45) is 0 Å². The SMILES string of the molecule is CC(C)c1cnc(NC(=O)Cc2cc(F)ccc2F)s1. The van der Waals surface area contributed by atoms with Crippen molar-refractivity contribution in [1.82, 2.24) is 4.98 Å². The van der Waals surface area contributed by atoms with Crippen LogP contribution in [-0.4, -0.2) is 10.9 Å². The van der Waals surface area contributed by atoms with Crippen molar-refractivity contribution >= 4 is 22.4 Å². The second-order valence-electron chi connectivity index (χ2n) is 4.68. The molecule has 0 aliphatic carbocycles. The van der Waals surface area contributed by atoms with Gasteiger partial charge in [-0.05, 0) is 24.1 Å². The van der Waals surface area contributed by atoms with E-state index in [9.17, 15) is 13.6 Å². The van der Waals surface area contributed by atoms with Crippen LogP contribution in [0.4, 0.5) is 13.9 Å². The van der Waals surface area contributed by atoms with Crippen LogP contribution in [0.5, 0.6) is 0 Å². The minimum absolute atomic E-state index is 0.0307. The Balaban J connectivity index is 2.03. The van der Waals surface area contributed by atoms with Gasteiger partial charge in [0.05, 0.1) is 6.42 Å². The quantitative estimate of drug-likeness (QED) is 0.934. The molecule has 106 valence electrons. The summed E-state index contributed by atoms with van der Waals surface area (Å²) in [6.45, 7) is 4.06. The second kappa shape index (κ2) is 6.09. The summed E-state index contributed by atoms with van der Waals surface area (Å²) in [6.07, 6.45) is 1.48. The average Bonchev–Trinajstić information content (AvgIpc) is 2.82. The number of anilines is 1. The maximum Gasteiger partial charge on any atom is 0.230 e. The van der Waals surface area contributed by atoms with Crippen LogP contribution < -0.4 is 5.32 Å². The number of carbonyl (C=O) groups excluding carboxylic acids is 1. The van der Waals surface area contributed by atoms with Gasteiger partial charge < -0.3 is 5.32 Å². The van der Waals surface area contributed by atoms with Gasteiger partial charge in [-0.25, -0.2) is 13.8 Å². The minimum atomic E-state index is -0.594. The highest BCUT2D eigenvalue weighted by Gasteiger charge is 2.12. The Labute approximate surface area is 119 Å². The van der Waals surface area contributed by atoms with Crippen LogP contribution >= 0.6 is 11.3 Å². The van der Waals surface area contributed by atoms with Crippen LogP contribution in [0.2, 0.25) is 0 Å². The minimum Gasteiger partial charge on any atom is -0.302 e. The average molecular weight is 296 g/mol. The largest absolute Gasteiger partial charge is 0.302 e. The van der Waals surface area contributed by atoms with Crippen molar-refractivity contribution in [3.8, 4) is 0 Å². The lowest BCUT2D eigenvalue weighted by atomic mass is 10.1. The fourth-order valence-corrected chi connectivity index (χ4v) is 2.46. The topological polar surface area (TPSA) is 42.0 Å². The molecular weight excluding hydrogens is 282 g/mol. The lowest BCUT2D eigenvalue weighted by molar-refractivity contribution is -0.115. The zero-order valence-electron chi connectivity index (χ0n) is 11.1. The van der Waals surface area contributed by atoms with E-state index in [2.05, 4.69) is 10.3 Å². The molecule has 0 radical (unpaired) electrons. The van der Waals surface area contributed by atoms with Gasteiger partial charge in [0.2, 0.25) is 5.91 Å². The number of hydrogen-bond donors (Lipinski definition) is 1. The first-order valence-corrected chi connectivity index (χ1v) is 6.97. The summed E-state index contributed by atoms with van der Waals surface area (Å²) in [6, 6.07) is 3.06. The van der Waals surface area contributed by atoms with E-state index in [0.29, 0.717) is 11.0 Å². The van der Waals surface area contributed by atoms with Crippen LogP contribution in [-0.2, 0) is 11.2 Å². The Morgan fingerprint density at radius 1 is 1.40 bits per heavy atom. The summed E-state index contributed by atoms with van der Waals surface area (Å²) in [4.78, 5) is 16.9.